The number of aromatic nitrogens is 2. The second-order valence-corrected chi connectivity index (χ2v) is 3.94. The smallest absolute Gasteiger partial charge is 0.227 e. The van der Waals surface area contributed by atoms with E-state index in [1.807, 2.05) is 13.0 Å². The number of carbonyl (C=O) groups excluding carboxylic acids is 1. The van der Waals surface area contributed by atoms with Gasteiger partial charge in [-0.25, -0.2) is 0 Å². The second kappa shape index (κ2) is 7.84. The summed E-state index contributed by atoms with van der Waals surface area (Å²) in [4.78, 5) is 11.5. The third kappa shape index (κ3) is 5.49. The van der Waals surface area contributed by atoms with E-state index < -0.39 is 0 Å². The van der Waals surface area contributed by atoms with Gasteiger partial charge in [-0.3, -0.25) is 9.89 Å². The highest BCUT2D eigenvalue weighted by Crippen LogP contribution is 2.07. The second-order valence-electron chi connectivity index (χ2n) is 3.94. The molecule has 17 heavy (non-hydrogen) atoms. The summed E-state index contributed by atoms with van der Waals surface area (Å²) in [5, 5.41) is 9.65. The van der Waals surface area contributed by atoms with Crippen molar-refractivity contribution in [3.8, 4) is 0 Å². The maximum absolute atomic E-state index is 11.5. The Kier molecular flexibility index (Phi) is 6.32. The molecular weight excluding hydrogens is 218 g/mol. The first-order chi connectivity index (χ1) is 8.26. The molecule has 1 aromatic rings. The number of carbonyl (C=O) groups is 1. The van der Waals surface area contributed by atoms with Gasteiger partial charge in [0.2, 0.25) is 5.91 Å². The van der Waals surface area contributed by atoms with E-state index in [0.29, 0.717) is 25.5 Å². The van der Waals surface area contributed by atoms with Gasteiger partial charge >= 0.3 is 0 Å². The monoisotopic (exact) mass is 239 g/mol. The molecule has 0 bridgehead atoms. The number of anilines is 1. The van der Waals surface area contributed by atoms with Crippen LogP contribution in [0.25, 0.3) is 0 Å². The molecule has 5 nitrogen and oxygen atoms in total. The number of nitrogens with one attached hydrogen (secondary N) is 2. The average Bonchev–Trinajstić information content (AvgIpc) is 2.73. The number of rotatable bonds is 8. The zero-order valence-electron chi connectivity index (χ0n) is 10.6. The van der Waals surface area contributed by atoms with Crippen LogP contribution in [0.5, 0.6) is 0 Å². The van der Waals surface area contributed by atoms with Crippen molar-refractivity contribution in [1.29, 1.82) is 0 Å². The minimum Gasteiger partial charge on any atom is -0.381 e. The van der Waals surface area contributed by atoms with Gasteiger partial charge in [0.25, 0.3) is 0 Å². The summed E-state index contributed by atoms with van der Waals surface area (Å²) in [6.07, 6.45) is 3.35. The normalized spacial score (nSPS) is 10.5. The fourth-order valence-corrected chi connectivity index (χ4v) is 1.44. The third-order valence-corrected chi connectivity index (χ3v) is 2.24. The first-order valence-corrected chi connectivity index (χ1v) is 6.18. The molecule has 1 amide bonds. The summed E-state index contributed by atoms with van der Waals surface area (Å²) in [6.45, 7) is 5.31. The molecule has 0 aliphatic carbocycles. The number of amides is 1. The standard InChI is InChI=1S/C12H21N3O2/c1-3-5-10-9-11(15-14-10)13-12(16)6-8-17-7-4-2/h9H,3-8H2,1-2H3,(H2,13,14,15,16). The fourth-order valence-electron chi connectivity index (χ4n) is 1.44. The predicted octanol–water partition coefficient (Wildman–Crippen LogP) is 2.12. The summed E-state index contributed by atoms with van der Waals surface area (Å²) >= 11 is 0. The third-order valence-electron chi connectivity index (χ3n) is 2.24. The van der Waals surface area contributed by atoms with Gasteiger partial charge < -0.3 is 10.1 Å². The molecule has 0 aliphatic heterocycles. The predicted molar refractivity (Wildman–Crippen MR) is 66.9 cm³/mol. The Morgan fingerprint density at radius 2 is 2.24 bits per heavy atom. The van der Waals surface area contributed by atoms with E-state index in [-0.39, 0.29) is 5.91 Å². The molecule has 5 heteroatoms. The lowest BCUT2D eigenvalue weighted by Gasteiger charge is -2.02. The lowest BCUT2D eigenvalue weighted by Crippen LogP contribution is -2.14. The van der Waals surface area contributed by atoms with Crippen molar-refractivity contribution in [2.75, 3.05) is 18.5 Å². The lowest BCUT2D eigenvalue weighted by atomic mass is 10.2. The molecule has 2 N–H and O–H groups in total. The maximum atomic E-state index is 11.5. The van der Waals surface area contributed by atoms with E-state index >= 15 is 0 Å². The first kappa shape index (κ1) is 13.7. The molecule has 0 spiro atoms. The summed E-state index contributed by atoms with van der Waals surface area (Å²) in [7, 11) is 0. The summed E-state index contributed by atoms with van der Waals surface area (Å²) in [5.74, 6) is 0.532. The van der Waals surface area contributed by atoms with Crippen LogP contribution in [0.4, 0.5) is 5.82 Å². The molecule has 1 aromatic heterocycles. The van der Waals surface area contributed by atoms with Gasteiger partial charge in [-0.15, -0.1) is 0 Å². The Hall–Kier alpha value is -1.36. The number of H-pyrrole nitrogens is 1. The Bertz CT molecular complexity index is 336. The number of hydrogen-bond donors (Lipinski definition) is 2. The molecule has 0 aromatic carbocycles. The summed E-state index contributed by atoms with van der Waals surface area (Å²) in [5.41, 5.74) is 1.05. The molecule has 1 rings (SSSR count). The topological polar surface area (TPSA) is 67.0 Å². The van der Waals surface area contributed by atoms with Crippen molar-refractivity contribution in [1.82, 2.24) is 10.2 Å². The van der Waals surface area contributed by atoms with Crippen molar-refractivity contribution in [3.63, 3.8) is 0 Å². The van der Waals surface area contributed by atoms with Gasteiger partial charge in [-0.2, -0.15) is 5.10 Å². The van der Waals surface area contributed by atoms with Crippen LogP contribution in [-0.2, 0) is 16.0 Å². The van der Waals surface area contributed by atoms with Gasteiger partial charge in [0.05, 0.1) is 13.0 Å². The average molecular weight is 239 g/mol. The molecule has 0 atom stereocenters. The van der Waals surface area contributed by atoms with Crippen LogP contribution in [0.2, 0.25) is 0 Å². The van der Waals surface area contributed by atoms with Crippen molar-refractivity contribution < 1.29 is 9.53 Å². The lowest BCUT2D eigenvalue weighted by molar-refractivity contribution is -0.117. The Balaban J connectivity index is 2.24. The van der Waals surface area contributed by atoms with Crippen LogP contribution < -0.4 is 5.32 Å². The van der Waals surface area contributed by atoms with Gasteiger partial charge in [-0.05, 0) is 12.8 Å². The number of aryl methyl sites for hydroxylation is 1. The van der Waals surface area contributed by atoms with Crippen LogP contribution in [0.3, 0.4) is 0 Å². The number of nitrogens with zero attached hydrogens (tertiary/aromatic N) is 1. The minimum absolute atomic E-state index is 0.0596. The van der Waals surface area contributed by atoms with Crippen molar-refractivity contribution in [2.24, 2.45) is 0 Å². The van der Waals surface area contributed by atoms with Gasteiger partial charge in [0.15, 0.2) is 5.82 Å². The highest BCUT2D eigenvalue weighted by atomic mass is 16.5. The minimum atomic E-state index is -0.0596. The van der Waals surface area contributed by atoms with Crippen molar-refractivity contribution in [2.45, 2.75) is 39.5 Å². The zero-order valence-corrected chi connectivity index (χ0v) is 10.6. The zero-order chi connectivity index (χ0) is 12.5. The van der Waals surface area contributed by atoms with Gasteiger partial charge in [-0.1, -0.05) is 20.3 Å². The van der Waals surface area contributed by atoms with Crippen LogP contribution in [0, 0.1) is 0 Å². The van der Waals surface area contributed by atoms with Gasteiger partial charge in [0.1, 0.15) is 0 Å². The highest BCUT2D eigenvalue weighted by Gasteiger charge is 2.05. The van der Waals surface area contributed by atoms with Crippen LogP contribution >= 0.6 is 0 Å². The largest absolute Gasteiger partial charge is 0.381 e. The summed E-state index contributed by atoms with van der Waals surface area (Å²) in [6, 6.07) is 1.87. The molecular formula is C12H21N3O2. The Morgan fingerprint density at radius 1 is 1.41 bits per heavy atom. The van der Waals surface area contributed by atoms with Crippen molar-refractivity contribution in [3.05, 3.63) is 11.8 Å². The molecule has 1 heterocycles. The molecule has 0 unspecified atom stereocenters. The quantitative estimate of drug-likeness (QED) is 0.683. The van der Waals surface area contributed by atoms with Gasteiger partial charge in [0, 0.05) is 18.4 Å². The van der Waals surface area contributed by atoms with Crippen LogP contribution in [-0.4, -0.2) is 29.3 Å². The van der Waals surface area contributed by atoms with E-state index in [1.165, 1.54) is 0 Å². The van der Waals surface area contributed by atoms with E-state index in [2.05, 4.69) is 22.4 Å². The Morgan fingerprint density at radius 3 is 2.94 bits per heavy atom. The Labute approximate surface area is 102 Å². The molecule has 96 valence electrons. The molecule has 0 radical (unpaired) electrons. The molecule has 0 aliphatic rings. The van der Waals surface area contributed by atoms with E-state index in [9.17, 15) is 4.79 Å². The fraction of sp³-hybridized carbons (Fsp3) is 0.667. The van der Waals surface area contributed by atoms with Crippen molar-refractivity contribution >= 4 is 11.7 Å². The number of aromatic amines is 1. The molecule has 0 saturated heterocycles. The molecule has 0 fully saturated rings. The SMILES string of the molecule is CCCOCCC(=O)Nc1cc(CCC)[nH]n1. The van der Waals surface area contributed by atoms with E-state index in [1.54, 1.807) is 0 Å². The van der Waals surface area contributed by atoms with Crippen LogP contribution in [0.15, 0.2) is 6.07 Å². The van der Waals surface area contributed by atoms with Crippen LogP contribution in [0.1, 0.15) is 38.8 Å². The number of ether oxygens (including phenoxy) is 1. The number of hydrogen-bond acceptors (Lipinski definition) is 3. The highest BCUT2D eigenvalue weighted by molar-refractivity contribution is 5.89. The van der Waals surface area contributed by atoms with E-state index in [0.717, 1.165) is 25.0 Å². The maximum Gasteiger partial charge on any atom is 0.227 e. The first-order valence-electron chi connectivity index (χ1n) is 6.18. The van der Waals surface area contributed by atoms with E-state index in [4.69, 9.17) is 4.74 Å². The molecule has 0 saturated carbocycles. The summed E-state index contributed by atoms with van der Waals surface area (Å²) < 4.78 is 5.25.